The van der Waals surface area contributed by atoms with E-state index in [1.807, 2.05) is 17.0 Å². The summed E-state index contributed by atoms with van der Waals surface area (Å²) in [6.07, 6.45) is 0. The van der Waals surface area contributed by atoms with Gasteiger partial charge in [0.2, 0.25) is 5.91 Å². The summed E-state index contributed by atoms with van der Waals surface area (Å²) in [5.41, 5.74) is 7.51. The summed E-state index contributed by atoms with van der Waals surface area (Å²) in [5, 5.41) is 13.3. The van der Waals surface area contributed by atoms with Crippen LogP contribution in [0.4, 0.5) is 5.69 Å². The number of rotatable bonds is 5. The van der Waals surface area contributed by atoms with Gasteiger partial charge in [-0.3, -0.25) is 10.2 Å². The lowest BCUT2D eigenvalue weighted by atomic mass is 10.1. The average molecular weight is 346 g/mol. The number of nitrogens with zero attached hydrogens (tertiary/aromatic N) is 2. The number of carbonyl (C=O) groups excluding carboxylic acids is 1. The van der Waals surface area contributed by atoms with E-state index in [1.165, 1.54) is 0 Å². The average Bonchev–Trinajstić information content (AvgIpc) is 2.57. The lowest BCUT2D eigenvalue weighted by Gasteiger charge is -2.36. The third kappa shape index (κ3) is 6.26. The minimum absolute atomic E-state index is 0.0265. The summed E-state index contributed by atoms with van der Waals surface area (Å²) in [6.45, 7) is 10.2. The Kier molecular flexibility index (Phi) is 6.25. The number of hydrogen-bond donors (Lipinski definition) is 4. The quantitative estimate of drug-likeness (QED) is 0.465. The van der Waals surface area contributed by atoms with Crippen LogP contribution in [0.15, 0.2) is 24.3 Å². The number of hydrogen-bond acceptors (Lipinski definition) is 4. The van der Waals surface area contributed by atoms with E-state index in [0.29, 0.717) is 13.1 Å². The minimum atomic E-state index is -0.0498. The minimum Gasteiger partial charge on any atom is -0.370 e. The lowest BCUT2D eigenvalue weighted by molar-refractivity contribution is -0.130. The van der Waals surface area contributed by atoms with E-state index < -0.39 is 0 Å². The van der Waals surface area contributed by atoms with Crippen LogP contribution in [0.5, 0.6) is 0 Å². The second-order valence-corrected chi connectivity index (χ2v) is 7.41. The highest BCUT2D eigenvalue weighted by Crippen LogP contribution is 2.18. The monoisotopic (exact) mass is 346 g/mol. The Morgan fingerprint density at radius 1 is 1.24 bits per heavy atom. The number of guanidine groups is 1. The lowest BCUT2D eigenvalue weighted by Crippen LogP contribution is -2.52. The van der Waals surface area contributed by atoms with Crippen molar-refractivity contribution in [3.05, 3.63) is 29.8 Å². The third-order valence-corrected chi connectivity index (χ3v) is 4.16. The van der Waals surface area contributed by atoms with Crippen molar-refractivity contribution in [1.29, 1.82) is 5.41 Å². The molecule has 1 heterocycles. The first-order chi connectivity index (χ1) is 11.7. The normalized spacial score (nSPS) is 15.2. The largest absolute Gasteiger partial charge is 0.370 e. The van der Waals surface area contributed by atoms with Gasteiger partial charge in [0.25, 0.3) is 0 Å². The molecular formula is C18H30N6O. The van der Waals surface area contributed by atoms with Gasteiger partial charge in [-0.25, -0.2) is 0 Å². The maximum atomic E-state index is 12.3. The van der Waals surface area contributed by atoms with Gasteiger partial charge in [0.1, 0.15) is 0 Å². The van der Waals surface area contributed by atoms with Crippen LogP contribution in [0.2, 0.25) is 0 Å². The van der Waals surface area contributed by atoms with Crippen molar-refractivity contribution in [1.82, 2.24) is 15.5 Å². The molecule has 0 bridgehead atoms. The van der Waals surface area contributed by atoms with Crippen LogP contribution in [0.1, 0.15) is 26.3 Å². The van der Waals surface area contributed by atoms with Crippen molar-refractivity contribution in [2.45, 2.75) is 32.9 Å². The van der Waals surface area contributed by atoms with Crippen LogP contribution in [0, 0.1) is 5.41 Å². The fourth-order valence-corrected chi connectivity index (χ4v) is 2.73. The molecule has 1 aromatic rings. The number of benzene rings is 1. The maximum absolute atomic E-state index is 12.3. The van der Waals surface area contributed by atoms with Crippen LogP contribution in [0.25, 0.3) is 0 Å². The maximum Gasteiger partial charge on any atom is 0.236 e. The summed E-state index contributed by atoms with van der Waals surface area (Å²) in [5.74, 6) is 0.135. The first-order valence-electron chi connectivity index (χ1n) is 8.69. The molecule has 1 aliphatic rings. The van der Waals surface area contributed by atoms with E-state index in [9.17, 15) is 4.79 Å². The van der Waals surface area contributed by atoms with E-state index in [1.54, 1.807) is 0 Å². The van der Waals surface area contributed by atoms with Crippen LogP contribution in [-0.2, 0) is 11.3 Å². The Balaban J connectivity index is 1.86. The van der Waals surface area contributed by atoms with Crippen molar-refractivity contribution in [3.8, 4) is 0 Å². The molecule has 5 N–H and O–H groups in total. The van der Waals surface area contributed by atoms with Gasteiger partial charge in [0.05, 0.1) is 6.54 Å². The Hall–Kier alpha value is -2.28. The van der Waals surface area contributed by atoms with Gasteiger partial charge in [-0.15, -0.1) is 0 Å². The number of nitrogens with two attached hydrogens (primary N) is 1. The number of anilines is 1. The highest BCUT2D eigenvalue weighted by Gasteiger charge is 2.22. The van der Waals surface area contributed by atoms with Crippen molar-refractivity contribution < 1.29 is 4.79 Å². The summed E-state index contributed by atoms with van der Waals surface area (Å²) < 4.78 is 0. The summed E-state index contributed by atoms with van der Waals surface area (Å²) in [7, 11) is 0. The number of amides is 1. The second-order valence-electron chi connectivity index (χ2n) is 7.41. The van der Waals surface area contributed by atoms with Crippen molar-refractivity contribution in [2.24, 2.45) is 5.73 Å². The zero-order valence-electron chi connectivity index (χ0n) is 15.4. The molecule has 1 fully saturated rings. The Morgan fingerprint density at radius 2 is 1.92 bits per heavy atom. The SMILES string of the molecule is CC(C)(C)NCC(=O)N1CCN(c2cccc(CNC(=N)N)c2)CC1. The molecule has 0 saturated carbocycles. The predicted molar refractivity (Wildman–Crippen MR) is 102 cm³/mol. The third-order valence-electron chi connectivity index (χ3n) is 4.16. The van der Waals surface area contributed by atoms with Crippen molar-refractivity contribution in [3.63, 3.8) is 0 Å². The highest BCUT2D eigenvalue weighted by atomic mass is 16.2. The van der Waals surface area contributed by atoms with Gasteiger partial charge in [-0.05, 0) is 38.5 Å². The van der Waals surface area contributed by atoms with Gasteiger partial charge in [-0.1, -0.05) is 12.1 Å². The van der Waals surface area contributed by atoms with E-state index in [2.05, 4.69) is 48.4 Å². The molecule has 1 aliphatic heterocycles. The van der Waals surface area contributed by atoms with E-state index >= 15 is 0 Å². The van der Waals surface area contributed by atoms with Gasteiger partial charge in [0.15, 0.2) is 5.96 Å². The predicted octanol–water partition coefficient (Wildman–Crippen LogP) is 0.706. The Morgan fingerprint density at radius 3 is 2.52 bits per heavy atom. The smallest absolute Gasteiger partial charge is 0.236 e. The molecule has 0 spiro atoms. The number of nitrogens with one attached hydrogen (secondary N) is 3. The first kappa shape index (κ1) is 19.1. The van der Waals surface area contributed by atoms with E-state index in [-0.39, 0.29) is 17.4 Å². The molecule has 7 nitrogen and oxygen atoms in total. The molecular weight excluding hydrogens is 316 g/mol. The zero-order chi connectivity index (χ0) is 18.4. The Labute approximate surface area is 150 Å². The van der Waals surface area contributed by atoms with Gasteiger partial charge in [0, 0.05) is 44.0 Å². The fourth-order valence-electron chi connectivity index (χ4n) is 2.73. The van der Waals surface area contributed by atoms with E-state index in [0.717, 1.165) is 37.4 Å². The molecule has 7 heteroatoms. The number of piperazine rings is 1. The standard InChI is InChI=1S/C18H30N6O/c1-18(2,3)22-13-16(25)24-9-7-23(8-10-24)15-6-4-5-14(11-15)12-21-17(19)20/h4-6,11,22H,7-10,12-13H2,1-3H3,(H4,19,20,21). The highest BCUT2D eigenvalue weighted by molar-refractivity contribution is 5.78. The molecule has 25 heavy (non-hydrogen) atoms. The zero-order valence-corrected chi connectivity index (χ0v) is 15.4. The molecule has 0 atom stereocenters. The molecule has 138 valence electrons. The molecule has 2 rings (SSSR count). The molecule has 0 radical (unpaired) electrons. The molecule has 1 saturated heterocycles. The fraction of sp³-hybridized carbons (Fsp3) is 0.556. The molecule has 1 amide bonds. The van der Waals surface area contributed by atoms with Crippen LogP contribution in [-0.4, -0.2) is 55.0 Å². The molecule has 0 unspecified atom stereocenters. The van der Waals surface area contributed by atoms with Crippen molar-refractivity contribution in [2.75, 3.05) is 37.6 Å². The van der Waals surface area contributed by atoms with Crippen molar-refractivity contribution >= 4 is 17.6 Å². The molecule has 1 aromatic carbocycles. The Bertz CT molecular complexity index is 602. The van der Waals surface area contributed by atoms with Gasteiger partial charge >= 0.3 is 0 Å². The molecule has 0 aliphatic carbocycles. The van der Waals surface area contributed by atoms with E-state index in [4.69, 9.17) is 11.1 Å². The summed E-state index contributed by atoms with van der Waals surface area (Å²) in [4.78, 5) is 16.5. The van der Waals surface area contributed by atoms with Crippen LogP contribution >= 0.6 is 0 Å². The van der Waals surface area contributed by atoms with Gasteiger partial charge < -0.3 is 26.2 Å². The van der Waals surface area contributed by atoms with Crippen LogP contribution in [0.3, 0.4) is 0 Å². The van der Waals surface area contributed by atoms with Crippen LogP contribution < -0.4 is 21.3 Å². The molecule has 0 aromatic heterocycles. The topological polar surface area (TPSA) is 97.5 Å². The summed E-state index contributed by atoms with van der Waals surface area (Å²) in [6, 6.07) is 8.21. The number of carbonyl (C=O) groups is 1. The summed E-state index contributed by atoms with van der Waals surface area (Å²) >= 11 is 0. The second kappa shape index (κ2) is 8.20. The van der Waals surface area contributed by atoms with Gasteiger partial charge in [-0.2, -0.15) is 0 Å². The first-order valence-corrected chi connectivity index (χ1v) is 8.69.